The lowest BCUT2D eigenvalue weighted by Gasteiger charge is -2.07. The van der Waals surface area contributed by atoms with Crippen LogP contribution in [0.4, 0.5) is 5.69 Å². The van der Waals surface area contributed by atoms with Gasteiger partial charge in [-0.2, -0.15) is 0 Å². The van der Waals surface area contributed by atoms with Gasteiger partial charge in [-0.1, -0.05) is 24.3 Å². The first kappa shape index (κ1) is 17.7. The molecule has 126 valence electrons. The molecule has 0 unspecified atom stereocenters. The number of benzene rings is 2. The number of nitrogens with one attached hydrogen (secondary N) is 2. The average Bonchev–Trinajstić information content (AvgIpc) is 2.61. The fraction of sp³-hybridized carbons (Fsp3) is 0.263. The molecule has 0 aliphatic rings. The summed E-state index contributed by atoms with van der Waals surface area (Å²) in [6.45, 7) is 0.551. The third kappa shape index (κ3) is 5.21. The molecule has 0 bridgehead atoms. The van der Waals surface area contributed by atoms with Gasteiger partial charge in [0.05, 0.1) is 6.61 Å². The molecule has 0 saturated carbocycles. The van der Waals surface area contributed by atoms with Crippen LogP contribution in [0.5, 0.6) is 0 Å². The number of methoxy groups -OCH3 is 1. The van der Waals surface area contributed by atoms with Gasteiger partial charge in [0.1, 0.15) is 0 Å². The van der Waals surface area contributed by atoms with E-state index < -0.39 is 0 Å². The van der Waals surface area contributed by atoms with Gasteiger partial charge in [-0.3, -0.25) is 9.59 Å². The average molecular weight is 326 g/mol. The molecule has 0 saturated heterocycles. The second-order valence-electron chi connectivity index (χ2n) is 5.46. The number of amides is 2. The number of rotatable bonds is 7. The van der Waals surface area contributed by atoms with Crippen molar-refractivity contribution in [2.45, 2.75) is 19.4 Å². The number of hydrogen-bond acceptors (Lipinski definition) is 3. The Hall–Kier alpha value is -2.66. The van der Waals surface area contributed by atoms with E-state index in [1.165, 1.54) is 0 Å². The van der Waals surface area contributed by atoms with Crippen molar-refractivity contribution in [1.82, 2.24) is 5.32 Å². The molecule has 2 aromatic rings. The maximum Gasteiger partial charge on any atom is 0.251 e. The highest BCUT2D eigenvalue weighted by molar-refractivity contribution is 5.94. The van der Waals surface area contributed by atoms with Gasteiger partial charge in [0.25, 0.3) is 5.91 Å². The molecule has 5 heteroatoms. The zero-order valence-corrected chi connectivity index (χ0v) is 14.0. The maximum atomic E-state index is 12.1. The van der Waals surface area contributed by atoms with Gasteiger partial charge in [-0.15, -0.1) is 0 Å². The topological polar surface area (TPSA) is 67.4 Å². The second kappa shape index (κ2) is 8.84. The van der Waals surface area contributed by atoms with Crippen molar-refractivity contribution in [1.29, 1.82) is 0 Å². The first-order valence-corrected chi connectivity index (χ1v) is 7.81. The van der Waals surface area contributed by atoms with E-state index in [-0.39, 0.29) is 11.8 Å². The van der Waals surface area contributed by atoms with E-state index in [2.05, 4.69) is 10.6 Å². The highest BCUT2D eigenvalue weighted by Gasteiger charge is 2.06. The highest BCUT2D eigenvalue weighted by Crippen LogP contribution is 2.12. The third-order valence-electron chi connectivity index (χ3n) is 3.61. The van der Waals surface area contributed by atoms with Crippen LogP contribution in [0.1, 0.15) is 27.9 Å². The Morgan fingerprint density at radius 3 is 2.46 bits per heavy atom. The van der Waals surface area contributed by atoms with Crippen LogP contribution in [0.2, 0.25) is 0 Å². The SMILES string of the molecule is CNC(=O)c1cccc(CCC(=O)Nc2ccc(COC)cc2)c1. The minimum Gasteiger partial charge on any atom is -0.380 e. The lowest BCUT2D eigenvalue weighted by atomic mass is 10.1. The van der Waals surface area contributed by atoms with Crippen LogP contribution in [-0.4, -0.2) is 26.0 Å². The van der Waals surface area contributed by atoms with Crippen LogP contribution in [0.15, 0.2) is 48.5 Å². The van der Waals surface area contributed by atoms with Crippen LogP contribution in [0.3, 0.4) is 0 Å². The zero-order valence-electron chi connectivity index (χ0n) is 14.0. The summed E-state index contributed by atoms with van der Waals surface area (Å²) in [5.74, 6) is -0.183. The molecule has 0 aliphatic carbocycles. The van der Waals surface area contributed by atoms with Gasteiger partial charge in [0.2, 0.25) is 5.91 Å². The van der Waals surface area contributed by atoms with Gasteiger partial charge >= 0.3 is 0 Å². The normalized spacial score (nSPS) is 10.2. The van der Waals surface area contributed by atoms with Crippen molar-refractivity contribution in [3.63, 3.8) is 0 Å². The summed E-state index contributed by atoms with van der Waals surface area (Å²) in [5, 5.41) is 5.46. The van der Waals surface area contributed by atoms with E-state index in [9.17, 15) is 9.59 Å². The summed E-state index contributed by atoms with van der Waals surface area (Å²) in [6, 6.07) is 14.9. The van der Waals surface area contributed by atoms with Crippen molar-refractivity contribution in [2.75, 3.05) is 19.5 Å². The first-order valence-electron chi connectivity index (χ1n) is 7.81. The van der Waals surface area contributed by atoms with Crippen molar-refractivity contribution in [2.24, 2.45) is 0 Å². The summed E-state index contributed by atoms with van der Waals surface area (Å²) in [5.41, 5.74) is 3.38. The van der Waals surface area contributed by atoms with Crippen LogP contribution in [-0.2, 0) is 22.6 Å². The Kier molecular flexibility index (Phi) is 6.51. The molecule has 2 N–H and O–H groups in total. The Balaban J connectivity index is 1.87. The molecule has 5 nitrogen and oxygen atoms in total. The number of hydrogen-bond donors (Lipinski definition) is 2. The molecule has 2 aromatic carbocycles. The van der Waals surface area contributed by atoms with Crippen molar-refractivity contribution >= 4 is 17.5 Å². The zero-order chi connectivity index (χ0) is 17.4. The molecule has 2 rings (SSSR count). The summed E-state index contributed by atoms with van der Waals surface area (Å²) in [7, 11) is 3.25. The van der Waals surface area contributed by atoms with Gasteiger partial charge in [-0.25, -0.2) is 0 Å². The van der Waals surface area contributed by atoms with E-state index in [0.717, 1.165) is 16.8 Å². The smallest absolute Gasteiger partial charge is 0.251 e. The van der Waals surface area contributed by atoms with E-state index in [0.29, 0.717) is 25.0 Å². The lowest BCUT2D eigenvalue weighted by Crippen LogP contribution is -2.18. The van der Waals surface area contributed by atoms with Gasteiger partial charge in [-0.05, 0) is 41.8 Å². The molecular formula is C19H22N2O3. The Labute approximate surface area is 142 Å². The third-order valence-corrected chi connectivity index (χ3v) is 3.61. The molecule has 0 fully saturated rings. The Morgan fingerprint density at radius 1 is 1.04 bits per heavy atom. The summed E-state index contributed by atoms with van der Waals surface area (Å²) in [6.07, 6.45) is 0.940. The predicted molar refractivity (Wildman–Crippen MR) is 93.9 cm³/mol. The van der Waals surface area contributed by atoms with Gasteiger partial charge in [0, 0.05) is 31.8 Å². The summed E-state index contributed by atoms with van der Waals surface area (Å²) >= 11 is 0. The lowest BCUT2D eigenvalue weighted by molar-refractivity contribution is -0.116. The molecule has 0 radical (unpaired) electrons. The van der Waals surface area contributed by atoms with Crippen LogP contribution >= 0.6 is 0 Å². The van der Waals surface area contributed by atoms with Crippen molar-refractivity contribution in [3.05, 3.63) is 65.2 Å². The first-order chi connectivity index (χ1) is 11.6. The van der Waals surface area contributed by atoms with E-state index in [1.807, 2.05) is 42.5 Å². The molecule has 0 atom stereocenters. The monoisotopic (exact) mass is 326 g/mol. The minimum absolute atomic E-state index is 0.0557. The molecule has 2 amide bonds. The number of aryl methyl sites for hydroxylation is 1. The number of anilines is 1. The van der Waals surface area contributed by atoms with Crippen molar-refractivity contribution < 1.29 is 14.3 Å². The largest absolute Gasteiger partial charge is 0.380 e. The minimum atomic E-state index is -0.127. The highest BCUT2D eigenvalue weighted by atomic mass is 16.5. The number of carbonyl (C=O) groups is 2. The standard InChI is InChI=1S/C19H22N2O3/c1-20-19(23)16-5-3-4-14(12-16)8-11-18(22)21-17-9-6-15(7-10-17)13-24-2/h3-7,9-10,12H,8,11,13H2,1-2H3,(H,20,23)(H,21,22). The van der Waals surface area contributed by atoms with E-state index in [4.69, 9.17) is 4.74 Å². The van der Waals surface area contributed by atoms with E-state index in [1.54, 1.807) is 20.2 Å². The van der Waals surface area contributed by atoms with Gasteiger partial charge in [0.15, 0.2) is 0 Å². The fourth-order valence-corrected chi connectivity index (χ4v) is 2.34. The Morgan fingerprint density at radius 2 is 1.79 bits per heavy atom. The van der Waals surface area contributed by atoms with Gasteiger partial charge < -0.3 is 15.4 Å². The Bertz CT molecular complexity index is 696. The molecule has 0 heterocycles. The van der Waals surface area contributed by atoms with Crippen LogP contribution < -0.4 is 10.6 Å². The van der Waals surface area contributed by atoms with E-state index >= 15 is 0 Å². The number of ether oxygens (including phenoxy) is 1. The molecule has 0 aromatic heterocycles. The van der Waals surface area contributed by atoms with Crippen molar-refractivity contribution in [3.8, 4) is 0 Å². The maximum absolute atomic E-state index is 12.1. The molecular weight excluding hydrogens is 304 g/mol. The summed E-state index contributed by atoms with van der Waals surface area (Å²) in [4.78, 5) is 23.7. The fourth-order valence-electron chi connectivity index (χ4n) is 2.34. The van der Waals surface area contributed by atoms with Crippen LogP contribution in [0.25, 0.3) is 0 Å². The second-order valence-corrected chi connectivity index (χ2v) is 5.46. The molecule has 0 spiro atoms. The molecule has 0 aliphatic heterocycles. The number of carbonyl (C=O) groups excluding carboxylic acids is 2. The quantitative estimate of drug-likeness (QED) is 0.822. The summed E-state index contributed by atoms with van der Waals surface area (Å²) < 4.78 is 5.06. The predicted octanol–water partition coefficient (Wildman–Crippen LogP) is 2.76. The molecule has 24 heavy (non-hydrogen) atoms. The van der Waals surface area contributed by atoms with Crippen LogP contribution in [0, 0.1) is 0 Å².